The molecule has 0 bridgehead atoms. The number of nitrogens with zero attached hydrogens (tertiary/aromatic N) is 2. The van der Waals surface area contributed by atoms with Crippen LogP contribution in [0.15, 0.2) is 68.9 Å². The third kappa shape index (κ3) is 4.59. The van der Waals surface area contributed by atoms with E-state index in [1.54, 1.807) is 24.7 Å². The van der Waals surface area contributed by atoms with Gasteiger partial charge in [0.25, 0.3) is 5.91 Å². The van der Waals surface area contributed by atoms with Crippen LogP contribution in [0.1, 0.15) is 49.3 Å². The molecule has 8 heteroatoms. The smallest absolute Gasteiger partial charge is 0.262 e. The Morgan fingerprint density at radius 2 is 1.88 bits per heavy atom. The van der Waals surface area contributed by atoms with Crippen molar-refractivity contribution >= 4 is 28.9 Å². The van der Waals surface area contributed by atoms with Crippen LogP contribution in [-0.2, 0) is 9.59 Å². The minimum Gasteiger partial charge on any atom is -0.467 e. The van der Waals surface area contributed by atoms with E-state index in [0.717, 1.165) is 23.4 Å². The molecule has 4 rings (SSSR count). The fourth-order valence-corrected chi connectivity index (χ4v) is 3.69. The Labute approximate surface area is 186 Å². The summed E-state index contributed by atoms with van der Waals surface area (Å²) in [4.78, 5) is 25.1. The summed E-state index contributed by atoms with van der Waals surface area (Å²) in [6.07, 6.45) is 4.92. The van der Waals surface area contributed by atoms with Gasteiger partial charge in [-0.05, 0) is 55.3 Å². The largest absolute Gasteiger partial charge is 0.467 e. The molecule has 0 spiro atoms. The average molecular weight is 434 g/mol. The van der Waals surface area contributed by atoms with Gasteiger partial charge in [-0.1, -0.05) is 13.0 Å². The van der Waals surface area contributed by atoms with Gasteiger partial charge >= 0.3 is 0 Å². The van der Waals surface area contributed by atoms with Crippen molar-refractivity contribution in [3.05, 3.63) is 72.1 Å². The van der Waals surface area contributed by atoms with Crippen LogP contribution in [0.4, 0.5) is 11.4 Å². The molecule has 0 fully saturated rings. The van der Waals surface area contributed by atoms with E-state index in [0.29, 0.717) is 30.1 Å². The monoisotopic (exact) mass is 434 g/mol. The van der Waals surface area contributed by atoms with Crippen molar-refractivity contribution in [2.75, 3.05) is 17.2 Å². The van der Waals surface area contributed by atoms with Crippen molar-refractivity contribution in [1.29, 1.82) is 0 Å². The van der Waals surface area contributed by atoms with E-state index in [1.807, 2.05) is 44.2 Å². The van der Waals surface area contributed by atoms with Crippen molar-refractivity contribution in [3.63, 3.8) is 0 Å². The number of hydrazone groups is 1. The minimum atomic E-state index is -0.333. The van der Waals surface area contributed by atoms with Gasteiger partial charge in [-0.15, -0.1) is 0 Å². The fourth-order valence-electron chi connectivity index (χ4n) is 3.69. The number of nitrogens with one attached hydrogen (secondary N) is 2. The van der Waals surface area contributed by atoms with Crippen molar-refractivity contribution < 1.29 is 18.4 Å². The zero-order chi connectivity index (χ0) is 22.5. The topological polar surface area (TPSA) is 100 Å². The highest BCUT2D eigenvalue weighted by atomic mass is 16.3. The lowest BCUT2D eigenvalue weighted by Gasteiger charge is -2.21. The van der Waals surface area contributed by atoms with Gasteiger partial charge in [-0.3, -0.25) is 9.59 Å². The summed E-state index contributed by atoms with van der Waals surface area (Å²) in [5, 5.41) is 12.1. The number of hydrogen-bond acceptors (Lipinski definition) is 6. The summed E-state index contributed by atoms with van der Waals surface area (Å²) in [5.74, 6) is 1.08. The number of hydrogen-bond donors (Lipinski definition) is 2. The van der Waals surface area contributed by atoms with Crippen LogP contribution >= 0.6 is 0 Å². The van der Waals surface area contributed by atoms with Crippen LogP contribution in [-0.4, -0.2) is 29.1 Å². The van der Waals surface area contributed by atoms with Crippen LogP contribution in [0.5, 0.6) is 0 Å². The van der Waals surface area contributed by atoms with Crippen LogP contribution in [0.2, 0.25) is 0 Å². The van der Waals surface area contributed by atoms with Gasteiger partial charge < -0.3 is 19.5 Å². The number of rotatable bonds is 8. The van der Waals surface area contributed by atoms with Gasteiger partial charge in [0.05, 0.1) is 19.1 Å². The molecule has 0 saturated carbocycles. The van der Waals surface area contributed by atoms with Crippen molar-refractivity contribution in [1.82, 2.24) is 5.01 Å². The maximum atomic E-state index is 13.1. The molecule has 32 heavy (non-hydrogen) atoms. The van der Waals surface area contributed by atoms with E-state index in [-0.39, 0.29) is 24.4 Å². The van der Waals surface area contributed by atoms with E-state index >= 15 is 0 Å². The van der Waals surface area contributed by atoms with E-state index in [9.17, 15) is 9.59 Å². The lowest BCUT2D eigenvalue weighted by molar-refractivity contribution is -0.131. The number of benzene rings is 1. The van der Waals surface area contributed by atoms with Crippen molar-refractivity contribution in [3.8, 4) is 0 Å². The number of anilines is 2. The second-order valence-corrected chi connectivity index (χ2v) is 7.63. The summed E-state index contributed by atoms with van der Waals surface area (Å²) in [6.45, 7) is 3.91. The van der Waals surface area contributed by atoms with Gasteiger partial charge in [0, 0.05) is 24.2 Å². The number of furan rings is 2. The third-order valence-corrected chi connectivity index (χ3v) is 5.36. The maximum absolute atomic E-state index is 13.1. The molecule has 1 aromatic carbocycles. The van der Waals surface area contributed by atoms with Crippen LogP contribution in [0.3, 0.4) is 0 Å². The Balaban J connectivity index is 1.48. The molecule has 1 atom stereocenters. The highest BCUT2D eigenvalue weighted by Crippen LogP contribution is 2.33. The molecule has 0 saturated heterocycles. The predicted molar refractivity (Wildman–Crippen MR) is 121 cm³/mol. The third-order valence-electron chi connectivity index (χ3n) is 5.36. The SMILES string of the molecule is CCCC(=O)Nc1cccc(NCC(=O)N2N=C(c3ccco3)CC2c2ccco2)c1C. The molecule has 3 aromatic rings. The Morgan fingerprint density at radius 1 is 1.09 bits per heavy atom. The normalized spacial score (nSPS) is 15.5. The molecule has 0 aliphatic carbocycles. The highest BCUT2D eigenvalue weighted by Gasteiger charge is 2.35. The highest BCUT2D eigenvalue weighted by molar-refractivity contribution is 6.01. The van der Waals surface area contributed by atoms with Gasteiger partial charge in [-0.25, -0.2) is 5.01 Å². The first-order valence-corrected chi connectivity index (χ1v) is 10.7. The van der Waals surface area contributed by atoms with Gasteiger partial charge in [-0.2, -0.15) is 5.10 Å². The number of carbonyl (C=O) groups excluding carboxylic acids is 2. The van der Waals surface area contributed by atoms with Gasteiger partial charge in [0.15, 0.2) is 0 Å². The van der Waals surface area contributed by atoms with Crippen molar-refractivity contribution in [2.45, 2.75) is 39.2 Å². The lowest BCUT2D eigenvalue weighted by Crippen LogP contribution is -2.32. The zero-order valence-corrected chi connectivity index (χ0v) is 18.1. The summed E-state index contributed by atoms with van der Waals surface area (Å²) in [5.41, 5.74) is 3.07. The second-order valence-electron chi connectivity index (χ2n) is 7.63. The summed E-state index contributed by atoms with van der Waals surface area (Å²) >= 11 is 0. The number of carbonyl (C=O) groups is 2. The summed E-state index contributed by atoms with van der Waals surface area (Å²) in [6, 6.07) is 12.5. The Kier molecular flexibility index (Phi) is 6.39. The number of amides is 2. The second kappa shape index (κ2) is 9.55. The van der Waals surface area contributed by atoms with Crippen molar-refractivity contribution in [2.24, 2.45) is 5.10 Å². The Morgan fingerprint density at radius 3 is 2.59 bits per heavy atom. The predicted octanol–water partition coefficient (Wildman–Crippen LogP) is 4.71. The molecule has 2 aromatic heterocycles. The summed E-state index contributed by atoms with van der Waals surface area (Å²) in [7, 11) is 0. The fraction of sp³-hybridized carbons (Fsp3) is 0.292. The summed E-state index contributed by atoms with van der Waals surface area (Å²) < 4.78 is 11.0. The van der Waals surface area contributed by atoms with E-state index < -0.39 is 0 Å². The van der Waals surface area contributed by atoms with E-state index in [1.165, 1.54) is 5.01 Å². The molecular weight excluding hydrogens is 408 g/mol. The molecule has 166 valence electrons. The molecule has 1 unspecified atom stereocenters. The molecule has 1 aliphatic heterocycles. The quantitative estimate of drug-likeness (QED) is 0.535. The average Bonchev–Trinajstić information content (AvgIpc) is 3.55. The lowest BCUT2D eigenvalue weighted by atomic mass is 10.1. The van der Waals surface area contributed by atoms with Gasteiger partial charge in [0.2, 0.25) is 5.91 Å². The standard InChI is InChI=1S/C24H26N4O4/c1-3-7-23(29)26-18-9-4-8-17(16(18)2)25-15-24(30)28-20(22-11-6-13-32-22)14-19(27-28)21-10-5-12-31-21/h4-6,8-13,20,25H,3,7,14-15H2,1-2H3,(H,26,29). The maximum Gasteiger partial charge on any atom is 0.262 e. The minimum absolute atomic E-state index is 0.0259. The van der Waals surface area contributed by atoms with Gasteiger partial charge in [0.1, 0.15) is 23.3 Å². The zero-order valence-electron chi connectivity index (χ0n) is 18.1. The molecule has 2 amide bonds. The Bertz CT molecular complexity index is 1100. The van der Waals surface area contributed by atoms with Crippen LogP contribution in [0.25, 0.3) is 0 Å². The molecular formula is C24H26N4O4. The first kappa shape index (κ1) is 21.4. The van der Waals surface area contributed by atoms with E-state index in [4.69, 9.17) is 8.83 Å². The molecule has 8 nitrogen and oxygen atoms in total. The molecule has 0 radical (unpaired) electrons. The molecule has 1 aliphatic rings. The van der Waals surface area contributed by atoms with E-state index in [2.05, 4.69) is 15.7 Å². The first-order valence-electron chi connectivity index (χ1n) is 10.7. The Hall–Kier alpha value is -3.81. The van der Waals surface area contributed by atoms with Crippen LogP contribution < -0.4 is 10.6 Å². The molecule has 2 N–H and O–H groups in total. The first-order chi connectivity index (χ1) is 15.6. The molecule has 3 heterocycles. The van der Waals surface area contributed by atoms with Crippen LogP contribution in [0, 0.1) is 6.92 Å².